The number of amides is 1. The highest BCUT2D eigenvalue weighted by Gasteiger charge is 2.33. The van der Waals surface area contributed by atoms with Gasteiger partial charge < -0.3 is 19.5 Å². The zero-order chi connectivity index (χ0) is 39.9. The highest BCUT2D eigenvalue weighted by Crippen LogP contribution is 2.41. The van der Waals surface area contributed by atoms with Gasteiger partial charge in [0.15, 0.2) is 11.5 Å². The fourth-order valence-electron chi connectivity index (χ4n) is 6.22. The maximum atomic E-state index is 14.2. The summed E-state index contributed by atoms with van der Waals surface area (Å²) in [4.78, 5) is 16.9. The maximum absolute atomic E-state index is 14.2. The monoisotopic (exact) mass is 817 g/mol. The van der Waals surface area contributed by atoms with E-state index in [1.54, 1.807) is 79.1 Å². The van der Waals surface area contributed by atoms with Gasteiger partial charge in [-0.2, -0.15) is 17.5 Å². The van der Waals surface area contributed by atoms with Crippen LogP contribution in [0.4, 0.5) is 18.9 Å². The number of nitrogens with zero attached hydrogens (tertiary/aromatic N) is 2. The van der Waals surface area contributed by atoms with Gasteiger partial charge >= 0.3 is 6.18 Å². The largest absolute Gasteiger partial charge is 0.493 e. The first-order valence-corrected chi connectivity index (χ1v) is 18.8. The molecule has 0 saturated heterocycles. The number of benzene rings is 5. The number of hydrogen-bond donors (Lipinski definition) is 1. The van der Waals surface area contributed by atoms with E-state index in [1.165, 1.54) is 43.8 Å². The molecular weight excluding hydrogens is 779 g/mol. The normalized spacial score (nSPS) is 11.4. The minimum absolute atomic E-state index is 0. The van der Waals surface area contributed by atoms with Crippen molar-refractivity contribution in [2.45, 2.75) is 30.6 Å². The molecule has 296 valence electrons. The lowest BCUT2D eigenvalue weighted by Crippen LogP contribution is -2.30. The van der Waals surface area contributed by atoms with E-state index in [9.17, 15) is 26.4 Å². The zero-order valence-corrected chi connectivity index (χ0v) is 32.8. The summed E-state index contributed by atoms with van der Waals surface area (Å²) in [5.41, 5.74) is 4.13. The molecule has 1 heterocycles. The summed E-state index contributed by atoms with van der Waals surface area (Å²) < 4.78 is 86.3. The first-order valence-electron chi connectivity index (χ1n) is 17.3. The lowest BCUT2D eigenvalue weighted by molar-refractivity contribution is -0.138. The Bertz CT molecular complexity index is 2370. The van der Waals surface area contributed by atoms with Gasteiger partial charge in [0.2, 0.25) is 21.7 Å². The topological polar surface area (TPSA) is 107 Å². The van der Waals surface area contributed by atoms with Gasteiger partial charge in [0.25, 0.3) is 0 Å². The Hall–Kier alpha value is -5.89. The number of anilines is 1. The smallest absolute Gasteiger partial charge is 0.416 e. The van der Waals surface area contributed by atoms with E-state index >= 15 is 0 Å². The molecule has 0 bridgehead atoms. The standard InChI is InChI=1S/C43H38F3N3O6S.ClH/c1-53-39-23-35(24-40(54-2)42(39)55-3)33-16-20-37(21-17-33)56(51,52)49(28-30-7-6-22-47-26-30)27-29-10-12-31(13-11-29)32-14-18-36(19-15-32)48-41(50)25-34-8-4-5-9-38(34)43(44,45)46;/h4-24,26H,25,27-28H2,1-3H3,(H,48,50);1H. The molecule has 0 radical (unpaired) electrons. The second-order valence-electron chi connectivity index (χ2n) is 12.7. The summed E-state index contributed by atoms with van der Waals surface area (Å²) in [5, 5.41) is 2.66. The summed E-state index contributed by atoms with van der Waals surface area (Å²) >= 11 is 0. The van der Waals surface area contributed by atoms with Crippen LogP contribution in [0.2, 0.25) is 0 Å². The molecule has 1 amide bonds. The van der Waals surface area contributed by atoms with Gasteiger partial charge in [0, 0.05) is 31.2 Å². The molecule has 0 fully saturated rings. The predicted molar refractivity (Wildman–Crippen MR) is 215 cm³/mol. The van der Waals surface area contributed by atoms with Crippen LogP contribution in [0.15, 0.2) is 139 Å². The average molecular weight is 818 g/mol. The Morgan fingerprint density at radius 3 is 1.82 bits per heavy atom. The highest BCUT2D eigenvalue weighted by molar-refractivity contribution is 7.89. The van der Waals surface area contributed by atoms with Crippen LogP contribution in [0.1, 0.15) is 22.3 Å². The Labute approximate surface area is 335 Å². The molecule has 5 aromatic carbocycles. The average Bonchev–Trinajstić information content (AvgIpc) is 3.20. The van der Waals surface area contributed by atoms with Gasteiger partial charge in [-0.15, -0.1) is 12.4 Å². The van der Waals surface area contributed by atoms with Gasteiger partial charge in [-0.05, 0) is 87.5 Å². The van der Waals surface area contributed by atoms with Gasteiger partial charge in [-0.3, -0.25) is 9.78 Å². The number of carbonyl (C=O) groups excluding carboxylic acids is 1. The number of rotatable bonds is 14. The van der Waals surface area contributed by atoms with Crippen LogP contribution in [0.5, 0.6) is 17.2 Å². The fraction of sp³-hybridized carbons (Fsp3) is 0.163. The van der Waals surface area contributed by atoms with Crippen molar-refractivity contribution in [1.82, 2.24) is 9.29 Å². The van der Waals surface area contributed by atoms with E-state index in [2.05, 4.69) is 10.3 Å². The first kappa shape index (κ1) is 42.3. The number of nitrogens with one attached hydrogen (secondary N) is 1. The second kappa shape index (κ2) is 18.4. The number of ether oxygens (including phenoxy) is 3. The number of halogens is 4. The van der Waals surface area contributed by atoms with Gasteiger partial charge in [0.05, 0.1) is 38.2 Å². The maximum Gasteiger partial charge on any atom is 0.416 e. The predicted octanol–water partition coefficient (Wildman–Crippen LogP) is 9.45. The molecule has 0 aliphatic heterocycles. The molecule has 1 N–H and O–H groups in total. The molecule has 14 heteroatoms. The molecule has 0 spiro atoms. The van der Waals surface area contributed by atoms with Crippen molar-refractivity contribution in [3.05, 3.63) is 156 Å². The Kier molecular flexibility index (Phi) is 13.6. The molecule has 0 aliphatic rings. The third-order valence-electron chi connectivity index (χ3n) is 9.06. The second-order valence-corrected chi connectivity index (χ2v) is 14.7. The van der Waals surface area contributed by atoms with Crippen LogP contribution in [0.25, 0.3) is 22.3 Å². The third kappa shape index (κ3) is 10.1. The third-order valence-corrected chi connectivity index (χ3v) is 10.9. The van der Waals surface area contributed by atoms with Crippen LogP contribution < -0.4 is 19.5 Å². The van der Waals surface area contributed by atoms with Crippen LogP contribution >= 0.6 is 12.4 Å². The highest BCUT2D eigenvalue weighted by atomic mass is 35.5. The number of alkyl halides is 3. The number of sulfonamides is 1. The Balaban J connectivity index is 0.00000620. The quantitative estimate of drug-likeness (QED) is 0.117. The Morgan fingerprint density at radius 1 is 0.702 bits per heavy atom. The van der Waals surface area contributed by atoms with Gasteiger partial charge in [0.1, 0.15) is 0 Å². The van der Waals surface area contributed by atoms with Crippen molar-refractivity contribution >= 4 is 34.0 Å². The molecule has 0 saturated carbocycles. The molecular formula is C43H39ClF3N3O6S. The SMILES string of the molecule is COc1cc(-c2ccc(S(=O)(=O)N(Cc3ccc(-c4ccc(NC(=O)Cc5ccccc5C(F)(F)F)cc4)cc3)Cc3cccnc3)cc2)cc(OC)c1OC.Cl. The fourth-order valence-corrected chi connectivity index (χ4v) is 7.63. The zero-order valence-electron chi connectivity index (χ0n) is 31.1. The summed E-state index contributed by atoms with van der Waals surface area (Å²) in [6, 6.07) is 33.1. The lowest BCUT2D eigenvalue weighted by Gasteiger charge is -2.23. The molecule has 57 heavy (non-hydrogen) atoms. The first-order chi connectivity index (χ1) is 26.9. The van der Waals surface area contributed by atoms with E-state index in [0.717, 1.165) is 39.4 Å². The minimum atomic E-state index is -4.56. The van der Waals surface area contributed by atoms with E-state index < -0.39 is 34.1 Å². The summed E-state index contributed by atoms with van der Waals surface area (Å²) in [6.07, 6.45) is -1.72. The van der Waals surface area contributed by atoms with Crippen molar-refractivity contribution in [3.8, 4) is 39.5 Å². The lowest BCUT2D eigenvalue weighted by atomic mass is 10.0. The number of aromatic nitrogens is 1. The summed E-state index contributed by atoms with van der Waals surface area (Å²) in [7, 11) is 0.584. The van der Waals surface area contributed by atoms with Crippen LogP contribution in [-0.2, 0) is 40.5 Å². The summed E-state index contributed by atoms with van der Waals surface area (Å²) in [6.45, 7) is 0.163. The van der Waals surface area contributed by atoms with Crippen molar-refractivity contribution in [3.63, 3.8) is 0 Å². The number of pyridine rings is 1. The van der Waals surface area contributed by atoms with E-state index in [4.69, 9.17) is 14.2 Å². The minimum Gasteiger partial charge on any atom is -0.493 e. The molecule has 9 nitrogen and oxygen atoms in total. The van der Waals surface area contributed by atoms with E-state index in [1.807, 2.05) is 30.3 Å². The number of hydrogen-bond acceptors (Lipinski definition) is 7. The molecule has 1 aromatic heterocycles. The van der Waals surface area contributed by atoms with Crippen LogP contribution in [0, 0.1) is 0 Å². The van der Waals surface area contributed by atoms with Crippen molar-refractivity contribution in [2.75, 3.05) is 26.6 Å². The number of methoxy groups -OCH3 is 3. The van der Waals surface area contributed by atoms with Crippen molar-refractivity contribution < 1.29 is 40.6 Å². The van der Waals surface area contributed by atoms with Crippen LogP contribution in [0.3, 0.4) is 0 Å². The summed E-state index contributed by atoms with van der Waals surface area (Å²) in [5.74, 6) is 0.826. The molecule has 0 atom stereocenters. The van der Waals surface area contributed by atoms with Gasteiger partial charge in [-0.1, -0.05) is 72.8 Å². The Morgan fingerprint density at radius 2 is 1.26 bits per heavy atom. The van der Waals surface area contributed by atoms with E-state index in [0.29, 0.717) is 22.9 Å². The molecule has 6 aromatic rings. The van der Waals surface area contributed by atoms with Crippen LogP contribution in [-0.4, -0.2) is 44.9 Å². The van der Waals surface area contributed by atoms with Crippen molar-refractivity contribution in [2.24, 2.45) is 0 Å². The molecule has 0 aliphatic carbocycles. The van der Waals surface area contributed by atoms with E-state index in [-0.39, 0.29) is 36.0 Å². The molecule has 0 unspecified atom stereocenters. The number of carbonyl (C=O) groups is 1. The van der Waals surface area contributed by atoms with Crippen molar-refractivity contribution in [1.29, 1.82) is 0 Å². The molecule has 6 rings (SSSR count). The van der Waals surface area contributed by atoms with Gasteiger partial charge in [-0.25, -0.2) is 8.42 Å².